The van der Waals surface area contributed by atoms with Crippen LogP contribution in [0.2, 0.25) is 0 Å². The van der Waals surface area contributed by atoms with Gasteiger partial charge in [0.25, 0.3) is 0 Å². The zero-order valence-electron chi connectivity index (χ0n) is 10.8. The Kier molecular flexibility index (Phi) is 3.41. The van der Waals surface area contributed by atoms with Crippen LogP contribution in [0, 0.1) is 16.0 Å². The zero-order chi connectivity index (χ0) is 14.2. The lowest BCUT2D eigenvalue weighted by Gasteiger charge is -2.35. The Balaban J connectivity index is 2.24. The van der Waals surface area contributed by atoms with Crippen molar-refractivity contribution < 1.29 is 14.8 Å². The third kappa shape index (κ3) is 2.51. The molecule has 1 saturated heterocycles. The average molecular weight is 268 g/mol. The Hall–Kier alpha value is -2.12. The van der Waals surface area contributed by atoms with Gasteiger partial charge in [-0.1, -0.05) is 0 Å². The van der Waals surface area contributed by atoms with Crippen molar-refractivity contribution in [1.82, 2.24) is 9.78 Å². The van der Waals surface area contributed by atoms with Crippen LogP contribution in [0.25, 0.3) is 0 Å². The summed E-state index contributed by atoms with van der Waals surface area (Å²) in [5.41, 5.74) is -0.0388. The molecule has 1 fully saturated rings. The second-order valence-electron chi connectivity index (χ2n) is 4.87. The maximum absolute atomic E-state index is 11.0. The van der Waals surface area contributed by atoms with Crippen molar-refractivity contribution in [1.29, 1.82) is 0 Å². The Morgan fingerprint density at radius 3 is 2.84 bits per heavy atom. The molecule has 2 rings (SSSR count). The standard InChI is InChI=1S/C11H16N4O4/c1-7-5-8(11(16)17)3-4-14(7)10-9(15(18)19)6-13(2)12-10/h6-8H,3-5H2,1-2H3,(H,16,17). The van der Waals surface area contributed by atoms with E-state index in [0.29, 0.717) is 25.2 Å². The lowest BCUT2D eigenvalue weighted by atomic mass is 9.92. The van der Waals surface area contributed by atoms with Crippen LogP contribution >= 0.6 is 0 Å². The molecule has 1 aromatic rings. The summed E-state index contributed by atoms with van der Waals surface area (Å²) >= 11 is 0. The van der Waals surface area contributed by atoms with Crippen LogP contribution in [-0.4, -0.2) is 38.4 Å². The summed E-state index contributed by atoms with van der Waals surface area (Å²) in [5.74, 6) is -0.861. The molecule has 1 aliphatic rings. The number of carboxylic acids is 1. The molecule has 19 heavy (non-hydrogen) atoms. The van der Waals surface area contributed by atoms with Crippen molar-refractivity contribution >= 4 is 17.5 Å². The second-order valence-corrected chi connectivity index (χ2v) is 4.87. The molecule has 104 valence electrons. The fraction of sp³-hybridized carbons (Fsp3) is 0.636. The number of carbonyl (C=O) groups is 1. The Morgan fingerprint density at radius 2 is 2.32 bits per heavy atom. The first-order chi connectivity index (χ1) is 8.90. The molecule has 2 heterocycles. The van der Waals surface area contributed by atoms with Crippen LogP contribution in [-0.2, 0) is 11.8 Å². The molecule has 1 N–H and O–H groups in total. The minimum atomic E-state index is -0.804. The van der Waals surface area contributed by atoms with Crippen LogP contribution in [0.5, 0.6) is 0 Å². The van der Waals surface area contributed by atoms with Gasteiger partial charge in [0.15, 0.2) is 0 Å². The fourth-order valence-electron chi connectivity index (χ4n) is 2.51. The quantitative estimate of drug-likeness (QED) is 0.648. The Morgan fingerprint density at radius 1 is 1.63 bits per heavy atom. The van der Waals surface area contributed by atoms with Crippen LogP contribution < -0.4 is 4.90 Å². The number of aromatic nitrogens is 2. The molecule has 0 bridgehead atoms. The van der Waals surface area contributed by atoms with Gasteiger partial charge in [0.05, 0.1) is 10.8 Å². The number of anilines is 1. The molecule has 2 unspecified atom stereocenters. The van der Waals surface area contributed by atoms with Crippen LogP contribution in [0.15, 0.2) is 6.20 Å². The van der Waals surface area contributed by atoms with Crippen LogP contribution in [0.3, 0.4) is 0 Å². The highest BCUT2D eigenvalue weighted by molar-refractivity contribution is 5.71. The number of nitro groups is 1. The van der Waals surface area contributed by atoms with Crippen molar-refractivity contribution in [2.45, 2.75) is 25.8 Å². The average Bonchev–Trinajstić information content (AvgIpc) is 2.71. The van der Waals surface area contributed by atoms with Gasteiger partial charge in [-0.15, -0.1) is 5.10 Å². The van der Waals surface area contributed by atoms with Gasteiger partial charge in [-0.3, -0.25) is 19.6 Å². The molecule has 1 aromatic heterocycles. The molecule has 0 amide bonds. The lowest BCUT2D eigenvalue weighted by Crippen LogP contribution is -2.43. The molecular weight excluding hydrogens is 252 g/mol. The predicted octanol–water partition coefficient (Wildman–Crippen LogP) is 1.02. The van der Waals surface area contributed by atoms with Gasteiger partial charge >= 0.3 is 11.7 Å². The van der Waals surface area contributed by atoms with E-state index in [-0.39, 0.29) is 17.6 Å². The molecule has 2 atom stereocenters. The monoisotopic (exact) mass is 268 g/mol. The predicted molar refractivity (Wildman–Crippen MR) is 67.0 cm³/mol. The summed E-state index contributed by atoms with van der Waals surface area (Å²) < 4.78 is 1.41. The summed E-state index contributed by atoms with van der Waals surface area (Å²) in [5, 5.41) is 24.1. The molecular formula is C11H16N4O4. The molecule has 1 aliphatic heterocycles. The zero-order valence-corrected chi connectivity index (χ0v) is 10.8. The van der Waals surface area contributed by atoms with Gasteiger partial charge in [-0.05, 0) is 19.8 Å². The third-order valence-corrected chi connectivity index (χ3v) is 3.48. The first-order valence-corrected chi connectivity index (χ1v) is 6.07. The topological polar surface area (TPSA) is 102 Å². The maximum atomic E-state index is 11.0. The van der Waals surface area contributed by atoms with E-state index < -0.39 is 10.9 Å². The fourth-order valence-corrected chi connectivity index (χ4v) is 2.51. The Labute approximate surface area is 109 Å². The highest BCUT2D eigenvalue weighted by Crippen LogP contribution is 2.32. The second kappa shape index (κ2) is 4.87. The number of piperidine rings is 1. The summed E-state index contributed by atoms with van der Waals surface area (Å²) in [4.78, 5) is 23.3. The summed E-state index contributed by atoms with van der Waals surface area (Å²) in [6, 6.07) is -0.0801. The van der Waals surface area contributed by atoms with Crippen LogP contribution in [0.4, 0.5) is 11.5 Å². The van der Waals surface area contributed by atoms with Crippen molar-refractivity contribution in [3.05, 3.63) is 16.3 Å². The number of hydrogen-bond acceptors (Lipinski definition) is 5. The minimum absolute atomic E-state index is 0.0388. The summed E-state index contributed by atoms with van der Waals surface area (Å²) in [6.45, 7) is 2.34. The lowest BCUT2D eigenvalue weighted by molar-refractivity contribution is -0.384. The maximum Gasteiger partial charge on any atom is 0.330 e. The molecule has 8 nitrogen and oxygen atoms in total. The van der Waals surface area contributed by atoms with E-state index in [4.69, 9.17) is 5.11 Å². The number of rotatable bonds is 3. The largest absolute Gasteiger partial charge is 0.481 e. The van der Waals surface area contributed by atoms with Crippen molar-refractivity contribution in [3.8, 4) is 0 Å². The van der Waals surface area contributed by atoms with Gasteiger partial charge in [-0.25, -0.2) is 0 Å². The van der Waals surface area contributed by atoms with E-state index in [2.05, 4.69) is 5.10 Å². The first-order valence-electron chi connectivity index (χ1n) is 6.07. The molecule has 0 saturated carbocycles. The number of nitrogens with zero attached hydrogens (tertiary/aromatic N) is 4. The van der Waals surface area contributed by atoms with E-state index >= 15 is 0 Å². The smallest absolute Gasteiger partial charge is 0.330 e. The number of hydrogen-bond donors (Lipinski definition) is 1. The first kappa shape index (κ1) is 13.3. The molecule has 0 aromatic carbocycles. The summed E-state index contributed by atoms with van der Waals surface area (Å²) in [6.07, 6.45) is 2.32. The normalized spacial score (nSPS) is 23.4. The Bertz CT molecular complexity index is 513. The van der Waals surface area contributed by atoms with Gasteiger partial charge in [0.2, 0.25) is 5.82 Å². The summed E-state index contributed by atoms with van der Waals surface area (Å²) in [7, 11) is 1.63. The number of aryl methyl sites for hydroxylation is 1. The molecule has 0 spiro atoms. The minimum Gasteiger partial charge on any atom is -0.481 e. The molecule has 8 heteroatoms. The highest BCUT2D eigenvalue weighted by atomic mass is 16.6. The van der Waals surface area contributed by atoms with E-state index in [9.17, 15) is 14.9 Å². The molecule has 0 aliphatic carbocycles. The highest BCUT2D eigenvalue weighted by Gasteiger charge is 2.34. The van der Waals surface area contributed by atoms with Gasteiger partial charge in [-0.2, -0.15) is 0 Å². The van der Waals surface area contributed by atoms with Gasteiger partial charge in [0, 0.05) is 19.6 Å². The number of aliphatic carboxylic acids is 1. The van der Waals surface area contributed by atoms with E-state index in [0.717, 1.165) is 0 Å². The van der Waals surface area contributed by atoms with Crippen molar-refractivity contribution in [2.75, 3.05) is 11.4 Å². The van der Waals surface area contributed by atoms with Crippen molar-refractivity contribution in [2.24, 2.45) is 13.0 Å². The third-order valence-electron chi connectivity index (χ3n) is 3.48. The molecule has 0 radical (unpaired) electrons. The van der Waals surface area contributed by atoms with Crippen LogP contribution in [0.1, 0.15) is 19.8 Å². The van der Waals surface area contributed by atoms with E-state index in [1.54, 1.807) is 7.05 Å². The van der Waals surface area contributed by atoms with E-state index in [1.807, 2.05) is 11.8 Å². The van der Waals surface area contributed by atoms with E-state index in [1.165, 1.54) is 10.9 Å². The SMILES string of the molecule is CC1CC(C(=O)O)CCN1c1nn(C)cc1[N+](=O)[O-]. The van der Waals surface area contributed by atoms with Gasteiger partial charge < -0.3 is 10.0 Å². The van der Waals surface area contributed by atoms with Gasteiger partial charge in [0.1, 0.15) is 6.20 Å². The van der Waals surface area contributed by atoms with Crippen molar-refractivity contribution in [3.63, 3.8) is 0 Å². The number of carboxylic acid groups (broad SMARTS) is 1.